The van der Waals surface area contributed by atoms with E-state index in [0.717, 1.165) is 65.0 Å². The summed E-state index contributed by atoms with van der Waals surface area (Å²) in [6.45, 7) is 4.77. The van der Waals surface area contributed by atoms with E-state index in [0.29, 0.717) is 5.92 Å². The molecular formula is C13H24N2O3S. The molecule has 0 aromatic heterocycles. The third-order valence-corrected chi connectivity index (χ3v) is 6.35. The van der Waals surface area contributed by atoms with Gasteiger partial charge in [0.05, 0.1) is 11.9 Å². The second kappa shape index (κ2) is 5.68. The average Bonchev–Trinajstić information content (AvgIpc) is 3.11. The third-order valence-electron chi connectivity index (χ3n) is 4.34. The summed E-state index contributed by atoms with van der Waals surface area (Å²) < 4.78 is 32.2. The lowest BCUT2D eigenvalue weighted by Crippen LogP contribution is -2.49. The lowest BCUT2D eigenvalue weighted by Gasteiger charge is -2.34. The molecule has 1 aliphatic carbocycles. The summed E-state index contributed by atoms with van der Waals surface area (Å²) in [6.07, 6.45) is 4.89. The van der Waals surface area contributed by atoms with Crippen molar-refractivity contribution in [3.8, 4) is 0 Å². The molecule has 1 N–H and O–H groups in total. The highest BCUT2D eigenvalue weighted by molar-refractivity contribution is 7.90. The third kappa shape index (κ3) is 3.68. The SMILES string of the molecule is O=S(=O)(NC1CCCN(CC2CCOC2)C1)C1CC1. The number of rotatable bonds is 5. The van der Waals surface area contributed by atoms with Crippen LogP contribution in [-0.2, 0) is 14.8 Å². The first kappa shape index (κ1) is 13.8. The fourth-order valence-corrected chi connectivity index (χ4v) is 4.72. The van der Waals surface area contributed by atoms with Crippen LogP contribution >= 0.6 is 0 Å². The molecule has 0 aromatic carbocycles. The minimum Gasteiger partial charge on any atom is -0.381 e. The van der Waals surface area contributed by atoms with Gasteiger partial charge in [-0.05, 0) is 44.6 Å². The van der Waals surface area contributed by atoms with Crippen molar-refractivity contribution < 1.29 is 13.2 Å². The summed E-state index contributed by atoms with van der Waals surface area (Å²) in [5, 5.41) is -0.105. The Morgan fingerprint density at radius 1 is 1.21 bits per heavy atom. The van der Waals surface area contributed by atoms with Gasteiger partial charge in [-0.15, -0.1) is 0 Å². The second-order valence-corrected chi connectivity index (χ2v) is 8.18. The summed E-state index contributed by atoms with van der Waals surface area (Å²) in [5.74, 6) is 0.638. The van der Waals surface area contributed by atoms with Crippen LogP contribution < -0.4 is 4.72 Å². The summed E-state index contributed by atoms with van der Waals surface area (Å²) in [6, 6.07) is 0.113. The molecule has 0 radical (unpaired) electrons. The van der Waals surface area contributed by atoms with Crippen LogP contribution in [-0.4, -0.2) is 57.5 Å². The van der Waals surface area contributed by atoms with Gasteiger partial charge in [-0.3, -0.25) is 0 Å². The van der Waals surface area contributed by atoms with Gasteiger partial charge >= 0.3 is 0 Å². The summed E-state index contributed by atoms with van der Waals surface area (Å²) in [7, 11) is -3.04. The molecule has 0 spiro atoms. The Morgan fingerprint density at radius 3 is 2.74 bits per heavy atom. The molecule has 6 heteroatoms. The van der Waals surface area contributed by atoms with Gasteiger partial charge in [0.25, 0.3) is 0 Å². The Hall–Kier alpha value is -0.170. The van der Waals surface area contributed by atoms with Gasteiger partial charge in [0.1, 0.15) is 0 Å². The van der Waals surface area contributed by atoms with E-state index in [9.17, 15) is 8.42 Å². The zero-order valence-corrected chi connectivity index (χ0v) is 12.2. The highest BCUT2D eigenvalue weighted by Crippen LogP contribution is 2.28. The molecule has 0 bridgehead atoms. The first-order valence-corrected chi connectivity index (χ1v) is 8.99. The first-order chi connectivity index (χ1) is 9.13. The number of nitrogens with one attached hydrogen (secondary N) is 1. The monoisotopic (exact) mass is 288 g/mol. The van der Waals surface area contributed by atoms with E-state index in [2.05, 4.69) is 9.62 Å². The number of likely N-dealkylation sites (tertiary alicyclic amines) is 1. The standard InChI is InChI=1S/C13H24N2O3S/c16-19(17,13-3-4-13)14-12-2-1-6-15(9-12)8-11-5-7-18-10-11/h11-14H,1-10H2. The van der Waals surface area contributed by atoms with Crippen LogP contribution in [0.3, 0.4) is 0 Å². The van der Waals surface area contributed by atoms with Crippen molar-refractivity contribution in [1.29, 1.82) is 0 Å². The van der Waals surface area contributed by atoms with Gasteiger partial charge in [-0.25, -0.2) is 13.1 Å². The maximum absolute atomic E-state index is 12.0. The molecule has 0 aromatic rings. The van der Waals surface area contributed by atoms with Crippen LogP contribution in [0.4, 0.5) is 0 Å². The molecule has 2 atom stereocenters. The van der Waals surface area contributed by atoms with Crippen molar-refractivity contribution in [3.63, 3.8) is 0 Å². The lowest BCUT2D eigenvalue weighted by molar-refractivity contribution is 0.148. The summed E-state index contributed by atoms with van der Waals surface area (Å²) >= 11 is 0. The molecule has 1 saturated carbocycles. The van der Waals surface area contributed by atoms with Crippen molar-refractivity contribution in [3.05, 3.63) is 0 Å². The number of piperidine rings is 1. The Balaban J connectivity index is 1.49. The van der Waals surface area contributed by atoms with Crippen LogP contribution in [0.15, 0.2) is 0 Å². The highest BCUT2D eigenvalue weighted by atomic mass is 32.2. The van der Waals surface area contributed by atoms with Gasteiger partial charge in [0.15, 0.2) is 0 Å². The number of ether oxygens (including phenoxy) is 1. The zero-order valence-electron chi connectivity index (χ0n) is 11.4. The van der Waals surface area contributed by atoms with Crippen molar-refractivity contribution in [2.75, 3.05) is 32.8 Å². The maximum Gasteiger partial charge on any atom is 0.214 e. The molecular weight excluding hydrogens is 264 g/mol. The average molecular weight is 288 g/mol. The highest BCUT2D eigenvalue weighted by Gasteiger charge is 2.37. The van der Waals surface area contributed by atoms with Gasteiger partial charge in [-0.2, -0.15) is 0 Å². The minimum atomic E-state index is -3.04. The Morgan fingerprint density at radius 2 is 2.05 bits per heavy atom. The quantitative estimate of drug-likeness (QED) is 0.803. The van der Waals surface area contributed by atoms with Crippen molar-refractivity contribution in [1.82, 2.24) is 9.62 Å². The predicted octanol–water partition coefficient (Wildman–Crippen LogP) is 0.569. The Kier molecular flexibility index (Phi) is 4.12. The molecule has 3 aliphatic rings. The normalized spacial score (nSPS) is 33.7. The molecule has 2 unspecified atom stereocenters. The zero-order chi connectivity index (χ0) is 13.3. The van der Waals surface area contributed by atoms with Gasteiger partial charge in [0.2, 0.25) is 10.0 Å². The molecule has 2 saturated heterocycles. The largest absolute Gasteiger partial charge is 0.381 e. The number of hydrogen-bond donors (Lipinski definition) is 1. The van der Waals surface area contributed by atoms with Crippen LogP contribution in [0, 0.1) is 5.92 Å². The molecule has 110 valence electrons. The number of nitrogens with zero attached hydrogens (tertiary/aromatic N) is 1. The van der Waals surface area contributed by atoms with Crippen LogP contribution in [0.5, 0.6) is 0 Å². The van der Waals surface area contributed by atoms with Crippen molar-refractivity contribution >= 4 is 10.0 Å². The summed E-state index contributed by atoms with van der Waals surface area (Å²) in [4.78, 5) is 2.41. The molecule has 0 amide bonds. The van der Waals surface area contributed by atoms with Crippen molar-refractivity contribution in [2.24, 2.45) is 5.92 Å². The van der Waals surface area contributed by atoms with E-state index in [1.165, 1.54) is 0 Å². The predicted molar refractivity (Wildman–Crippen MR) is 73.5 cm³/mol. The minimum absolute atomic E-state index is 0.105. The van der Waals surface area contributed by atoms with E-state index in [4.69, 9.17) is 4.74 Å². The Bertz CT molecular complexity index is 402. The van der Waals surface area contributed by atoms with E-state index in [-0.39, 0.29) is 11.3 Å². The van der Waals surface area contributed by atoms with Crippen LogP contribution in [0.1, 0.15) is 32.1 Å². The van der Waals surface area contributed by atoms with Crippen LogP contribution in [0.25, 0.3) is 0 Å². The van der Waals surface area contributed by atoms with E-state index in [1.54, 1.807) is 0 Å². The smallest absolute Gasteiger partial charge is 0.214 e. The fourth-order valence-electron chi connectivity index (χ4n) is 3.12. The van der Waals surface area contributed by atoms with Crippen molar-refractivity contribution in [2.45, 2.75) is 43.4 Å². The number of sulfonamides is 1. The lowest BCUT2D eigenvalue weighted by atomic mass is 10.0. The molecule has 5 nitrogen and oxygen atoms in total. The maximum atomic E-state index is 12.0. The molecule has 19 heavy (non-hydrogen) atoms. The molecule has 2 heterocycles. The summed E-state index contributed by atoms with van der Waals surface area (Å²) in [5.41, 5.74) is 0. The van der Waals surface area contributed by atoms with E-state index >= 15 is 0 Å². The topological polar surface area (TPSA) is 58.6 Å². The van der Waals surface area contributed by atoms with Gasteiger partial charge < -0.3 is 9.64 Å². The fraction of sp³-hybridized carbons (Fsp3) is 1.00. The van der Waals surface area contributed by atoms with Gasteiger partial charge in [-0.1, -0.05) is 0 Å². The molecule has 3 fully saturated rings. The van der Waals surface area contributed by atoms with Gasteiger partial charge in [0, 0.05) is 25.7 Å². The number of hydrogen-bond acceptors (Lipinski definition) is 4. The molecule has 2 aliphatic heterocycles. The van der Waals surface area contributed by atoms with Crippen LogP contribution in [0.2, 0.25) is 0 Å². The second-order valence-electron chi connectivity index (χ2n) is 6.19. The first-order valence-electron chi connectivity index (χ1n) is 7.45. The molecule has 3 rings (SSSR count). The Labute approximate surface area is 115 Å². The van der Waals surface area contributed by atoms with E-state index in [1.807, 2.05) is 0 Å². The van der Waals surface area contributed by atoms with E-state index < -0.39 is 10.0 Å².